The molecule has 0 saturated carbocycles. The molecule has 0 aliphatic heterocycles. The zero-order chi connectivity index (χ0) is 28.6. The molecule has 0 bridgehead atoms. The number of phenols is 2. The summed E-state index contributed by atoms with van der Waals surface area (Å²) in [6.07, 6.45) is 0. The molecule has 200 valence electrons. The van der Waals surface area contributed by atoms with Crippen LogP contribution in [0.2, 0.25) is 0 Å². The Kier molecular flexibility index (Phi) is 11.7. The molecule has 0 fully saturated rings. The van der Waals surface area contributed by atoms with Gasteiger partial charge in [0.2, 0.25) is 0 Å². The molecule has 0 amide bonds. The third-order valence-corrected chi connectivity index (χ3v) is 5.92. The Balaban J connectivity index is 0.000000682. The van der Waals surface area contributed by atoms with Gasteiger partial charge >= 0.3 is 48.9 Å². The number of hydrogen-bond acceptors (Lipinski definition) is 6. The van der Waals surface area contributed by atoms with Gasteiger partial charge in [0.25, 0.3) is 0 Å². The van der Waals surface area contributed by atoms with Crippen LogP contribution in [0.4, 0.5) is 0 Å². The first kappa shape index (κ1) is 35.6. The molecular formula is C30H42BaO6. The van der Waals surface area contributed by atoms with E-state index in [0.29, 0.717) is 22.3 Å². The quantitative estimate of drug-likeness (QED) is 0.475. The molecule has 7 heteroatoms. The summed E-state index contributed by atoms with van der Waals surface area (Å²) < 4.78 is 0. The fourth-order valence-corrected chi connectivity index (χ4v) is 3.79. The number of carbonyl (C=O) groups excluding carboxylic acids is 2. The second kappa shape index (κ2) is 12.2. The summed E-state index contributed by atoms with van der Waals surface area (Å²) in [6.45, 7) is 23.3. The van der Waals surface area contributed by atoms with Crippen LogP contribution in [0, 0.1) is 0 Å². The maximum atomic E-state index is 11.1. The summed E-state index contributed by atoms with van der Waals surface area (Å²) in [6, 6.07) is 6.00. The van der Waals surface area contributed by atoms with Gasteiger partial charge in [-0.1, -0.05) is 83.1 Å². The summed E-state index contributed by atoms with van der Waals surface area (Å²) in [4.78, 5) is 22.2. The van der Waals surface area contributed by atoms with Gasteiger partial charge in [0.05, 0.1) is 11.9 Å². The minimum absolute atomic E-state index is 0. The first-order valence-corrected chi connectivity index (χ1v) is 12.1. The molecule has 0 unspecified atom stereocenters. The topological polar surface area (TPSA) is 121 Å². The number of carboxylic acid groups (broad SMARTS) is 2. The van der Waals surface area contributed by atoms with Crippen LogP contribution in [0.15, 0.2) is 24.3 Å². The normalized spacial score (nSPS) is 12.2. The molecule has 0 aliphatic carbocycles. The molecular weight excluding hydrogens is 594 g/mol. The van der Waals surface area contributed by atoms with E-state index in [1.807, 2.05) is 83.1 Å². The van der Waals surface area contributed by atoms with E-state index in [1.165, 1.54) is 24.3 Å². The van der Waals surface area contributed by atoms with Gasteiger partial charge in [0.15, 0.2) is 0 Å². The van der Waals surface area contributed by atoms with Crippen LogP contribution in [0.5, 0.6) is 11.5 Å². The first-order chi connectivity index (χ1) is 15.9. The predicted molar refractivity (Wildman–Crippen MR) is 145 cm³/mol. The van der Waals surface area contributed by atoms with Crippen molar-refractivity contribution in [1.82, 2.24) is 0 Å². The second-order valence-corrected chi connectivity index (χ2v) is 13.4. The standard InChI is InChI=1S/2C15H22O3.Ba/c2*1-14(2,3)10-7-9(13(17)18)8-11(12(10)16)15(4,5)6;/h2*7-8,16H,1-6H3,(H,17,18);/q;;+2/p-2. The Morgan fingerprint density at radius 1 is 0.514 bits per heavy atom. The van der Waals surface area contributed by atoms with Crippen molar-refractivity contribution in [3.63, 3.8) is 0 Å². The Morgan fingerprint density at radius 2 is 0.676 bits per heavy atom. The van der Waals surface area contributed by atoms with Crippen LogP contribution in [-0.2, 0) is 21.7 Å². The van der Waals surface area contributed by atoms with E-state index in [1.54, 1.807) is 0 Å². The minimum Gasteiger partial charge on any atom is -0.545 e. The molecule has 0 radical (unpaired) electrons. The van der Waals surface area contributed by atoms with E-state index < -0.39 is 11.9 Å². The van der Waals surface area contributed by atoms with Gasteiger partial charge in [0, 0.05) is 22.3 Å². The van der Waals surface area contributed by atoms with Gasteiger partial charge in [-0.3, -0.25) is 0 Å². The van der Waals surface area contributed by atoms with E-state index in [0.717, 1.165) is 0 Å². The molecule has 2 aromatic rings. The maximum Gasteiger partial charge on any atom is 2.00 e. The number of benzene rings is 2. The molecule has 0 aromatic heterocycles. The van der Waals surface area contributed by atoms with E-state index in [2.05, 4.69) is 0 Å². The van der Waals surface area contributed by atoms with Gasteiger partial charge in [-0.25, -0.2) is 0 Å². The Labute approximate surface area is 262 Å². The molecule has 0 aliphatic rings. The minimum atomic E-state index is -1.22. The Hall–Kier alpha value is -1.45. The average Bonchev–Trinajstić information content (AvgIpc) is 2.64. The number of hydrogen-bond donors (Lipinski definition) is 2. The molecule has 0 heterocycles. The van der Waals surface area contributed by atoms with Crippen molar-refractivity contribution in [1.29, 1.82) is 0 Å². The Bertz CT molecular complexity index is 975. The van der Waals surface area contributed by atoms with Crippen molar-refractivity contribution in [3.05, 3.63) is 57.6 Å². The molecule has 0 atom stereocenters. The predicted octanol–water partition coefficient (Wildman–Crippen LogP) is 4.32. The van der Waals surface area contributed by atoms with Gasteiger partial charge < -0.3 is 30.0 Å². The molecule has 0 saturated heterocycles. The van der Waals surface area contributed by atoms with Crippen LogP contribution in [0.25, 0.3) is 0 Å². The van der Waals surface area contributed by atoms with Crippen molar-refractivity contribution in [3.8, 4) is 11.5 Å². The largest absolute Gasteiger partial charge is 2.00 e. The van der Waals surface area contributed by atoms with Crippen LogP contribution >= 0.6 is 0 Å². The number of aromatic hydroxyl groups is 2. The summed E-state index contributed by atoms with van der Waals surface area (Å²) >= 11 is 0. The number of carbonyl (C=O) groups is 2. The smallest absolute Gasteiger partial charge is 0.545 e. The SMILES string of the molecule is CC(C)(C)c1cc(C(=O)[O-])cc(C(C)(C)C)c1O.CC(C)(C)c1cc(C(=O)[O-])cc(C(C)(C)C)c1O.[Ba+2]. The van der Waals surface area contributed by atoms with Gasteiger partial charge in [-0.05, 0) is 57.1 Å². The zero-order valence-corrected chi connectivity index (χ0v) is 29.0. The van der Waals surface area contributed by atoms with Gasteiger partial charge in [0.1, 0.15) is 11.5 Å². The van der Waals surface area contributed by atoms with Gasteiger partial charge in [-0.15, -0.1) is 0 Å². The van der Waals surface area contributed by atoms with Crippen molar-refractivity contribution in [2.45, 2.75) is 105 Å². The molecule has 37 heavy (non-hydrogen) atoms. The number of rotatable bonds is 2. The van der Waals surface area contributed by atoms with Crippen LogP contribution in [0.3, 0.4) is 0 Å². The van der Waals surface area contributed by atoms with E-state index in [9.17, 15) is 30.0 Å². The molecule has 0 spiro atoms. The van der Waals surface area contributed by atoms with E-state index in [-0.39, 0.29) is 93.2 Å². The maximum absolute atomic E-state index is 11.1. The van der Waals surface area contributed by atoms with Crippen molar-refractivity contribution in [2.75, 3.05) is 0 Å². The molecule has 6 nitrogen and oxygen atoms in total. The Morgan fingerprint density at radius 3 is 0.784 bits per heavy atom. The fraction of sp³-hybridized carbons (Fsp3) is 0.533. The second-order valence-electron chi connectivity index (χ2n) is 13.4. The zero-order valence-electron chi connectivity index (χ0n) is 24.5. The third-order valence-electron chi connectivity index (χ3n) is 5.92. The average molecular weight is 636 g/mol. The number of carboxylic acids is 2. The van der Waals surface area contributed by atoms with Crippen LogP contribution in [-0.4, -0.2) is 71.0 Å². The van der Waals surface area contributed by atoms with Crippen molar-refractivity contribution in [2.24, 2.45) is 0 Å². The summed E-state index contributed by atoms with van der Waals surface area (Å²) in [5, 5.41) is 42.9. The van der Waals surface area contributed by atoms with Crippen molar-refractivity contribution < 1.29 is 30.0 Å². The summed E-state index contributed by atoms with van der Waals surface area (Å²) in [5.41, 5.74) is 1.47. The fourth-order valence-electron chi connectivity index (χ4n) is 3.79. The summed E-state index contributed by atoms with van der Waals surface area (Å²) in [7, 11) is 0. The van der Waals surface area contributed by atoms with Crippen molar-refractivity contribution >= 4 is 60.8 Å². The van der Waals surface area contributed by atoms with Crippen LogP contribution < -0.4 is 10.2 Å². The van der Waals surface area contributed by atoms with Crippen LogP contribution in [0.1, 0.15) is 126 Å². The van der Waals surface area contributed by atoms with E-state index in [4.69, 9.17) is 0 Å². The summed E-state index contributed by atoms with van der Waals surface area (Å²) in [5.74, 6) is -2.07. The van der Waals surface area contributed by atoms with E-state index >= 15 is 0 Å². The third kappa shape index (κ3) is 9.36. The van der Waals surface area contributed by atoms with Gasteiger partial charge in [-0.2, -0.15) is 0 Å². The first-order valence-electron chi connectivity index (χ1n) is 12.1. The number of phenolic OH excluding ortho intramolecular Hbond substituents is 2. The molecule has 2 rings (SSSR count). The molecule has 2 N–H and O–H groups in total. The monoisotopic (exact) mass is 636 g/mol. The molecule has 2 aromatic carbocycles. The number of aromatic carboxylic acids is 2.